The molecule has 7 heteroatoms. The first-order valence-corrected chi connectivity index (χ1v) is 9.61. The minimum absolute atomic E-state index is 0.0808. The second-order valence-electron chi connectivity index (χ2n) is 7.38. The number of nitrogens with zero attached hydrogens (tertiary/aromatic N) is 2. The Balaban J connectivity index is 1.38. The molecule has 28 heavy (non-hydrogen) atoms. The number of aromatic nitrogens is 1. The third-order valence-corrected chi connectivity index (χ3v) is 5.58. The molecule has 0 bridgehead atoms. The van der Waals surface area contributed by atoms with Crippen molar-refractivity contribution in [3.63, 3.8) is 0 Å². The second kappa shape index (κ2) is 7.58. The SMILES string of the molecule is C[C@@H](C(=O)OCc1cc(-c2ccccc2)on1)N1C(=O)[C@@H]2CCCC[C@H]2C1=O. The molecule has 2 aliphatic rings. The van der Waals surface area contributed by atoms with Gasteiger partial charge in [-0.3, -0.25) is 14.5 Å². The van der Waals surface area contributed by atoms with Crippen molar-refractivity contribution in [3.05, 3.63) is 42.1 Å². The van der Waals surface area contributed by atoms with Crippen molar-refractivity contribution in [2.45, 2.75) is 45.3 Å². The van der Waals surface area contributed by atoms with Crippen LogP contribution in [0.4, 0.5) is 0 Å². The zero-order valence-electron chi connectivity index (χ0n) is 15.7. The van der Waals surface area contributed by atoms with Crippen LogP contribution in [0.15, 0.2) is 40.9 Å². The van der Waals surface area contributed by atoms with Crippen LogP contribution >= 0.6 is 0 Å². The van der Waals surface area contributed by atoms with E-state index in [2.05, 4.69) is 5.16 Å². The molecular weight excluding hydrogens is 360 g/mol. The van der Waals surface area contributed by atoms with Gasteiger partial charge in [-0.05, 0) is 19.8 Å². The molecule has 2 aromatic rings. The highest BCUT2D eigenvalue weighted by Crippen LogP contribution is 2.39. The van der Waals surface area contributed by atoms with Gasteiger partial charge in [0.05, 0.1) is 11.8 Å². The second-order valence-corrected chi connectivity index (χ2v) is 7.38. The Hall–Kier alpha value is -2.96. The maximum absolute atomic E-state index is 12.6. The quantitative estimate of drug-likeness (QED) is 0.583. The van der Waals surface area contributed by atoms with Gasteiger partial charge in [0.25, 0.3) is 0 Å². The highest BCUT2D eigenvalue weighted by atomic mass is 16.5. The number of carbonyl (C=O) groups excluding carboxylic acids is 3. The maximum atomic E-state index is 12.6. The molecule has 7 nitrogen and oxygen atoms in total. The van der Waals surface area contributed by atoms with Crippen LogP contribution in [0.5, 0.6) is 0 Å². The first-order chi connectivity index (χ1) is 13.6. The van der Waals surface area contributed by atoms with Gasteiger partial charge in [0.15, 0.2) is 5.76 Å². The number of fused-ring (bicyclic) bond motifs is 1. The molecule has 0 N–H and O–H groups in total. The van der Waals surface area contributed by atoms with E-state index in [0.29, 0.717) is 24.3 Å². The molecule has 4 rings (SSSR count). The molecule has 1 aliphatic carbocycles. The third-order valence-electron chi connectivity index (χ3n) is 5.58. The molecule has 0 spiro atoms. The van der Waals surface area contributed by atoms with E-state index in [4.69, 9.17) is 9.26 Å². The molecule has 1 aliphatic heterocycles. The molecule has 2 fully saturated rings. The maximum Gasteiger partial charge on any atom is 0.329 e. The van der Waals surface area contributed by atoms with E-state index in [0.717, 1.165) is 23.3 Å². The zero-order valence-corrected chi connectivity index (χ0v) is 15.7. The number of hydrogen-bond donors (Lipinski definition) is 0. The van der Waals surface area contributed by atoms with Gasteiger partial charge in [-0.25, -0.2) is 4.79 Å². The predicted octanol–water partition coefficient (Wildman–Crippen LogP) is 2.95. The van der Waals surface area contributed by atoms with Crippen LogP contribution in [-0.2, 0) is 25.7 Å². The summed E-state index contributed by atoms with van der Waals surface area (Å²) >= 11 is 0. The van der Waals surface area contributed by atoms with E-state index in [1.165, 1.54) is 6.92 Å². The summed E-state index contributed by atoms with van der Waals surface area (Å²) in [6.07, 6.45) is 3.33. The number of likely N-dealkylation sites (tertiary alicyclic amines) is 1. The smallest absolute Gasteiger partial charge is 0.329 e. The molecule has 1 aromatic carbocycles. The molecule has 2 heterocycles. The first-order valence-electron chi connectivity index (χ1n) is 9.61. The third kappa shape index (κ3) is 3.32. The molecule has 1 saturated carbocycles. The number of carbonyl (C=O) groups is 3. The number of ether oxygens (including phenoxy) is 1. The fourth-order valence-corrected chi connectivity index (χ4v) is 4.06. The number of hydrogen-bond acceptors (Lipinski definition) is 6. The van der Waals surface area contributed by atoms with Crippen molar-refractivity contribution >= 4 is 17.8 Å². The van der Waals surface area contributed by atoms with Gasteiger partial charge in [-0.2, -0.15) is 0 Å². The van der Waals surface area contributed by atoms with Crippen molar-refractivity contribution in [1.29, 1.82) is 0 Å². The van der Waals surface area contributed by atoms with Gasteiger partial charge in [0.2, 0.25) is 11.8 Å². The fourth-order valence-electron chi connectivity index (χ4n) is 4.06. The standard InChI is InChI=1S/C21H22N2O5/c1-13(23-19(24)16-9-5-6-10-17(16)20(23)25)21(26)27-12-15-11-18(28-22-15)14-7-3-2-4-8-14/h2-4,7-8,11,13,16-17H,5-6,9-10,12H2,1H3/t13-,16+,17+/m0/s1. The van der Waals surface area contributed by atoms with Crippen molar-refractivity contribution in [3.8, 4) is 11.3 Å². The van der Waals surface area contributed by atoms with Gasteiger partial charge >= 0.3 is 5.97 Å². The minimum atomic E-state index is -0.939. The normalized spacial score (nSPS) is 22.8. The van der Waals surface area contributed by atoms with Crippen LogP contribution in [0, 0.1) is 11.8 Å². The lowest BCUT2D eigenvalue weighted by molar-refractivity contribution is -0.159. The molecular formula is C21H22N2O5. The minimum Gasteiger partial charge on any atom is -0.458 e. The van der Waals surface area contributed by atoms with Gasteiger partial charge in [0.1, 0.15) is 18.3 Å². The number of amides is 2. The molecule has 1 aromatic heterocycles. The highest BCUT2D eigenvalue weighted by Gasteiger charge is 2.51. The summed E-state index contributed by atoms with van der Waals surface area (Å²) in [7, 11) is 0. The van der Waals surface area contributed by atoms with Gasteiger partial charge in [-0.1, -0.05) is 48.3 Å². The van der Waals surface area contributed by atoms with Crippen LogP contribution in [-0.4, -0.2) is 33.9 Å². The van der Waals surface area contributed by atoms with Crippen LogP contribution in [0.25, 0.3) is 11.3 Å². The molecule has 146 valence electrons. The van der Waals surface area contributed by atoms with Crippen LogP contribution in [0.3, 0.4) is 0 Å². The summed E-state index contributed by atoms with van der Waals surface area (Å²) < 4.78 is 10.6. The molecule has 3 atom stereocenters. The topological polar surface area (TPSA) is 89.7 Å². The lowest BCUT2D eigenvalue weighted by Crippen LogP contribution is -2.44. The Morgan fingerprint density at radius 1 is 1.18 bits per heavy atom. The summed E-state index contributed by atoms with van der Waals surface area (Å²) in [6.45, 7) is 1.45. The van der Waals surface area contributed by atoms with Gasteiger partial charge < -0.3 is 9.26 Å². The van der Waals surface area contributed by atoms with Gasteiger partial charge in [-0.15, -0.1) is 0 Å². The number of esters is 1. The van der Waals surface area contributed by atoms with Crippen molar-refractivity contribution in [1.82, 2.24) is 10.1 Å². The lowest BCUT2D eigenvalue weighted by Gasteiger charge is -2.21. The van der Waals surface area contributed by atoms with Crippen molar-refractivity contribution in [2.75, 3.05) is 0 Å². The predicted molar refractivity (Wildman–Crippen MR) is 98.5 cm³/mol. The van der Waals surface area contributed by atoms with E-state index >= 15 is 0 Å². The summed E-state index contributed by atoms with van der Waals surface area (Å²) in [5.41, 5.74) is 1.34. The average Bonchev–Trinajstić information content (AvgIpc) is 3.30. The first kappa shape index (κ1) is 18.4. The van der Waals surface area contributed by atoms with E-state index in [-0.39, 0.29) is 30.3 Å². The van der Waals surface area contributed by atoms with E-state index in [9.17, 15) is 14.4 Å². The largest absolute Gasteiger partial charge is 0.458 e. The monoisotopic (exact) mass is 382 g/mol. The Morgan fingerprint density at radius 2 is 1.82 bits per heavy atom. The Morgan fingerprint density at radius 3 is 2.46 bits per heavy atom. The van der Waals surface area contributed by atoms with Crippen molar-refractivity contribution < 1.29 is 23.6 Å². The molecule has 0 radical (unpaired) electrons. The summed E-state index contributed by atoms with van der Waals surface area (Å²) in [5.74, 6) is -1.09. The van der Waals surface area contributed by atoms with Crippen LogP contribution < -0.4 is 0 Å². The number of rotatable bonds is 5. The van der Waals surface area contributed by atoms with E-state index in [1.54, 1.807) is 6.07 Å². The zero-order chi connectivity index (χ0) is 19.7. The molecule has 0 unspecified atom stereocenters. The lowest BCUT2D eigenvalue weighted by atomic mass is 9.81. The summed E-state index contributed by atoms with van der Waals surface area (Å²) in [4.78, 5) is 38.7. The molecule has 1 saturated heterocycles. The Bertz CT molecular complexity index is 867. The number of benzene rings is 1. The van der Waals surface area contributed by atoms with Crippen LogP contribution in [0.1, 0.15) is 38.3 Å². The summed E-state index contributed by atoms with van der Waals surface area (Å²) in [5, 5.41) is 3.91. The summed E-state index contributed by atoms with van der Waals surface area (Å²) in [6, 6.07) is 10.2. The van der Waals surface area contributed by atoms with Gasteiger partial charge in [0, 0.05) is 11.6 Å². The molecule has 2 amide bonds. The van der Waals surface area contributed by atoms with E-state index in [1.807, 2.05) is 30.3 Å². The van der Waals surface area contributed by atoms with Crippen LogP contribution in [0.2, 0.25) is 0 Å². The van der Waals surface area contributed by atoms with E-state index < -0.39 is 12.0 Å². The fraction of sp³-hybridized carbons (Fsp3) is 0.429. The number of imide groups is 1. The average molecular weight is 382 g/mol. The Kier molecular flexibility index (Phi) is 4.98. The highest BCUT2D eigenvalue weighted by molar-refractivity contribution is 6.07. The Labute approximate surface area is 162 Å². The van der Waals surface area contributed by atoms with Crippen molar-refractivity contribution in [2.24, 2.45) is 11.8 Å².